The summed E-state index contributed by atoms with van der Waals surface area (Å²) in [4.78, 5) is 31.5. The van der Waals surface area contributed by atoms with Gasteiger partial charge in [0.2, 0.25) is 0 Å². The van der Waals surface area contributed by atoms with Crippen molar-refractivity contribution in [3.05, 3.63) is 27.2 Å². The number of aromatic nitrogens is 4. The molecule has 1 unspecified atom stereocenters. The van der Waals surface area contributed by atoms with Crippen LogP contribution in [0.5, 0.6) is 0 Å². The van der Waals surface area contributed by atoms with Crippen molar-refractivity contribution in [2.75, 3.05) is 0 Å². The van der Waals surface area contributed by atoms with Crippen LogP contribution in [0.3, 0.4) is 0 Å². The summed E-state index contributed by atoms with van der Waals surface area (Å²) in [7, 11) is 0. The predicted octanol–water partition coefficient (Wildman–Crippen LogP) is 0.457. The van der Waals surface area contributed by atoms with Gasteiger partial charge in [-0.05, 0) is 26.2 Å². The molecule has 0 aromatic carbocycles. The van der Waals surface area contributed by atoms with Gasteiger partial charge in [0, 0.05) is 13.1 Å². The maximum Gasteiger partial charge on any atom is 0.332 e. The first kappa shape index (κ1) is 14.5. The molecule has 2 aromatic rings. The van der Waals surface area contributed by atoms with Crippen molar-refractivity contribution in [1.29, 1.82) is 0 Å². The third-order valence-corrected chi connectivity index (χ3v) is 3.25. The minimum Gasteiger partial charge on any atom is -0.393 e. The zero-order valence-electron chi connectivity index (χ0n) is 11.8. The molecule has 0 saturated heterocycles. The molecule has 0 bridgehead atoms. The van der Waals surface area contributed by atoms with Gasteiger partial charge in [0.05, 0.1) is 12.4 Å². The number of aliphatic hydroxyl groups is 1. The summed E-state index contributed by atoms with van der Waals surface area (Å²) in [6.07, 6.45) is 2.92. The lowest BCUT2D eigenvalue weighted by atomic mass is 10.2. The molecule has 2 heterocycles. The van der Waals surface area contributed by atoms with Gasteiger partial charge in [-0.15, -0.1) is 0 Å². The van der Waals surface area contributed by atoms with E-state index < -0.39 is 6.10 Å². The Kier molecular flexibility index (Phi) is 4.39. The fourth-order valence-corrected chi connectivity index (χ4v) is 2.27. The van der Waals surface area contributed by atoms with E-state index in [0.717, 1.165) is 6.42 Å². The topological polar surface area (TPSA) is 92.9 Å². The molecule has 0 aliphatic carbocycles. The van der Waals surface area contributed by atoms with Crippen LogP contribution in [-0.4, -0.2) is 30.3 Å². The number of aryl methyl sites for hydroxylation is 1. The van der Waals surface area contributed by atoms with E-state index in [9.17, 15) is 14.7 Å². The molecule has 2 rings (SSSR count). The summed E-state index contributed by atoms with van der Waals surface area (Å²) >= 11 is 0. The Morgan fingerprint density at radius 3 is 2.75 bits per heavy atom. The van der Waals surface area contributed by atoms with Crippen molar-refractivity contribution >= 4 is 11.2 Å². The Morgan fingerprint density at radius 1 is 1.35 bits per heavy atom. The van der Waals surface area contributed by atoms with Crippen molar-refractivity contribution in [3.8, 4) is 0 Å². The molecule has 7 nitrogen and oxygen atoms in total. The summed E-state index contributed by atoms with van der Waals surface area (Å²) in [5.41, 5.74) is 0.0891. The largest absolute Gasteiger partial charge is 0.393 e. The first-order valence-electron chi connectivity index (χ1n) is 6.91. The Morgan fingerprint density at radius 2 is 2.10 bits per heavy atom. The van der Waals surface area contributed by atoms with Gasteiger partial charge < -0.3 is 10.1 Å². The van der Waals surface area contributed by atoms with Crippen LogP contribution in [-0.2, 0) is 13.1 Å². The molecule has 7 heteroatoms. The summed E-state index contributed by atoms with van der Waals surface area (Å²) in [6.45, 7) is 4.49. The molecule has 0 fully saturated rings. The molecule has 0 radical (unpaired) electrons. The Hall–Kier alpha value is -1.89. The molecule has 110 valence electrons. The first-order valence-corrected chi connectivity index (χ1v) is 6.91. The standard InChI is InChI=1S/C13H20N4O3/c1-3-6-16-11-10(14-8-15-11)12(19)17(13(16)20)7-4-5-9(2)18/h8-9,18H,3-7H2,1-2H3,(H,14,15). The maximum atomic E-state index is 12.4. The quantitative estimate of drug-likeness (QED) is 0.803. The van der Waals surface area contributed by atoms with Crippen LogP contribution in [0, 0.1) is 0 Å². The minimum atomic E-state index is -0.431. The van der Waals surface area contributed by atoms with Crippen molar-refractivity contribution in [2.24, 2.45) is 0 Å². The lowest BCUT2D eigenvalue weighted by Crippen LogP contribution is -2.40. The fraction of sp³-hybridized carbons (Fsp3) is 0.615. The number of fused-ring (bicyclic) bond motifs is 1. The highest BCUT2D eigenvalue weighted by Gasteiger charge is 2.14. The number of H-pyrrole nitrogens is 1. The summed E-state index contributed by atoms with van der Waals surface area (Å²) in [5, 5.41) is 9.26. The minimum absolute atomic E-state index is 0.307. The molecule has 20 heavy (non-hydrogen) atoms. The lowest BCUT2D eigenvalue weighted by molar-refractivity contribution is 0.179. The lowest BCUT2D eigenvalue weighted by Gasteiger charge is -2.11. The Labute approximate surface area is 115 Å². The molecular weight excluding hydrogens is 260 g/mol. The average Bonchev–Trinajstić information content (AvgIpc) is 2.87. The molecule has 0 saturated carbocycles. The van der Waals surface area contributed by atoms with Gasteiger partial charge in [0.1, 0.15) is 5.52 Å². The van der Waals surface area contributed by atoms with Gasteiger partial charge in [0.15, 0.2) is 5.65 Å². The molecule has 0 aliphatic heterocycles. The molecule has 0 spiro atoms. The van der Waals surface area contributed by atoms with E-state index in [4.69, 9.17) is 0 Å². The van der Waals surface area contributed by atoms with Crippen LogP contribution < -0.4 is 11.2 Å². The monoisotopic (exact) mass is 280 g/mol. The predicted molar refractivity (Wildman–Crippen MR) is 75.8 cm³/mol. The second-order valence-electron chi connectivity index (χ2n) is 4.98. The number of imidazole rings is 1. The highest BCUT2D eigenvalue weighted by Crippen LogP contribution is 2.03. The van der Waals surface area contributed by atoms with Crippen LogP contribution in [0.25, 0.3) is 11.2 Å². The van der Waals surface area contributed by atoms with Gasteiger partial charge in [-0.1, -0.05) is 6.92 Å². The van der Waals surface area contributed by atoms with Crippen LogP contribution in [0.15, 0.2) is 15.9 Å². The molecule has 2 N–H and O–H groups in total. The average molecular weight is 280 g/mol. The van der Waals surface area contributed by atoms with Gasteiger partial charge in [0.25, 0.3) is 5.56 Å². The molecule has 0 amide bonds. The summed E-state index contributed by atoms with van der Waals surface area (Å²) in [5.74, 6) is 0. The zero-order valence-corrected chi connectivity index (χ0v) is 11.8. The number of hydrogen-bond acceptors (Lipinski definition) is 4. The number of hydrogen-bond donors (Lipinski definition) is 2. The molecular formula is C13H20N4O3. The summed E-state index contributed by atoms with van der Waals surface area (Å²) < 4.78 is 2.74. The van der Waals surface area contributed by atoms with E-state index in [0.29, 0.717) is 37.1 Å². The van der Waals surface area contributed by atoms with Crippen LogP contribution in [0.2, 0.25) is 0 Å². The third kappa shape index (κ3) is 2.67. The Balaban J connectivity index is 2.48. The zero-order chi connectivity index (χ0) is 14.7. The van der Waals surface area contributed by atoms with E-state index in [2.05, 4.69) is 9.97 Å². The van der Waals surface area contributed by atoms with Gasteiger partial charge in [-0.3, -0.25) is 13.9 Å². The highest BCUT2D eigenvalue weighted by molar-refractivity contribution is 5.68. The number of rotatable bonds is 6. The maximum absolute atomic E-state index is 12.4. The van der Waals surface area contributed by atoms with E-state index in [-0.39, 0.29) is 11.2 Å². The van der Waals surface area contributed by atoms with Crippen molar-refractivity contribution in [2.45, 2.75) is 52.3 Å². The number of nitrogens with one attached hydrogen (secondary N) is 1. The molecule has 2 aromatic heterocycles. The Bertz CT molecular complexity index is 696. The number of aliphatic hydroxyl groups excluding tert-OH is 1. The summed E-state index contributed by atoms with van der Waals surface area (Å²) in [6, 6.07) is 0. The van der Waals surface area contributed by atoms with Crippen LogP contribution >= 0.6 is 0 Å². The highest BCUT2D eigenvalue weighted by atomic mass is 16.3. The van der Waals surface area contributed by atoms with E-state index in [1.165, 1.54) is 15.5 Å². The van der Waals surface area contributed by atoms with E-state index >= 15 is 0 Å². The second kappa shape index (κ2) is 6.04. The smallest absolute Gasteiger partial charge is 0.332 e. The van der Waals surface area contributed by atoms with E-state index in [1.54, 1.807) is 6.92 Å². The van der Waals surface area contributed by atoms with Crippen molar-refractivity contribution in [3.63, 3.8) is 0 Å². The van der Waals surface area contributed by atoms with Gasteiger partial charge >= 0.3 is 5.69 Å². The number of aromatic amines is 1. The van der Waals surface area contributed by atoms with Crippen LogP contribution in [0.1, 0.15) is 33.1 Å². The van der Waals surface area contributed by atoms with Gasteiger partial charge in [-0.2, -0.15) is 0 Å². The van der Waals surface area contributed by atoms with Crippen molar-refractivity contribution in [1.82, 2.24) is 19.1 Å². The third-order valence-electron chi connectivity index (χ3n) is 3.25. The van der Waals surface area contributed by atoms with E-state index in [1.807, 2.05) is 6.92 Å². The first-order chi connectivity index (χ1) is 9.56. The second-order valence-corrected chi connectivity index (χ2v) is 4.98. The SMILES string of the molecule is CCCn1c(=O)n(CCCC(C)O)c(=O)c2[nH]cnc21. The van der Waals surface area contributed by atoms with Gasteiger partial charge in [-0.25, -0.2) is 9.78 Å². The van der Waals surface area contributed by atoms with Crippen LogP contribution in [0.4, 0.5) is 0 Å². The molecule has 0 aliphatic rings. The normalized spacial score (nSPS) is 12.9. The number of nitrogens with zero attached hydrogens (tertiary/aromatic N) is 3. The molecule has 1 atom stereocenters. The van der Waals surface area contributed by atoms with Crippen molar-refractivity contribution < 1.29 is 5.11 Å². The fourth-order valence-electron chi connectivity index (χ4n) is 2.27.